The number of hydrogen-bond acceptors (Lipinski definition) is 2. The van der Waals surface area contributed by atoms with E-state index < -0.39 is 0 Å². The molecule has 2 heterocycles. The average Bonchev–Trinajstić information content (AvgIpc) is 2.67. The summed E-state index contributed by atoms with van der Waals surface area (Å²) in [4.78, 5) is 18.3. The Morgan fingerprint density at radius 3 is 2.76 bits per heavy atom. The molecule has 2 aromatic rings. The van der Waals surface area contributed by atoms with Gasteiger partial charge >= 0.3 is 0 Å². The molecule has 0 radical (unpaired) electrons. The van der Waals surface area contributed by atoms with Crippen molar-refractivity contribution in [3.63, 3.8) is 0 Å². The van der Waals surface area contributed by atoms with E-state index in [9.17, 15) is 4.79 Å². The Labute approximate surface area is 101 Å². The van der Waals surface area contributed by atoms with E-state index in [4.69, 9.17) is 0 Å². The van der Waals surface area contributed by atoms with Crippen LogP contribution in [0.25, 0.3) is 5.65 Å². The molecule has 4 nitrogen and oxygen atoms in total. The molecule has 2 aromatic heterocycles. The zero-order valence-corrected chi connectivity index (χ0v) is 10.7. The third kappa shape index (κ3) is 1.79. The second kappa shape index (κ2) is 4.20. The first kappa shape index (κ1) is 11.6. The predicted molar refractivity (Wildman–Crippen MR) is 67.3 cm³/mol. The molecule has 0 fully saturated rings. The third-order valence-electron chi connectivity index (χ3n) is 2.86. The van der Waals surface area contributed by atoms with Crippen molar-refractivity contribution in [1.82, 2.24) is 14.3 Å². The Morgan fingerprint density at radius 2 is 2.18 bits per heavy atom. The number of carbonyl (C=O) groups is 1. The molecule has 0 saturated heterocycles. The summed E-state index contributed by atoms with van der Waals surface area (Å²) in [6, 6.07) is 3.95. The maximum atomic E-state index is 12.2. The number of amides is 1. The largest absolute Gasteiger partial charge is 0.343 e. The number of rotatable bonds is 2. The van der Waals surface area contributed by atoms with Gasteiger partial charge in [-0.25, -0.2) is 4.98 Å². The highest BCUT2D eigenvalue weighted by molar-refractivity contribution is 5.94. The molecule has 2 rings (SSSR count). The zero-order chi connectivity index (χ0) is 12.6. The molecule has 17 heavy (non-hydrogen) atoms. The number of aryl methyl sites for hydroxylation is 2. The fraction of sp³-hybridized carbons (Fsp3) is 0.385. The van der Waals surface area contributed by atoms with E-state index in [0.717, 1.165) is 23.3 Å². The summed E-state index contributed by atoms with van der Waals surface area (Å²) >= 11 is 0. The minimum atomic E-state index is -0.0000463. The fourth-order valence-electron chi connectivity index (χ4n) is 1.94. The predicted octanol–water partition coefficient (Wildman–Crippen LogP) is 1.91. The highest BCUT2D eigenvalue weighted by Crippen LogP contribution is 2.17. The molecule has 1 amide bonds. The van der Waals surface area contributed by atoms with Crippen LogP contribution < -0.4 is 0 Å². The summed E-state index contributed by atoms with van der Waals surface area (Å²) in [5.41, 5.74) is 3.49. The molecule has 0 aliphatic carbocycles. The van der Waals surface area contributed by atoms with Crippen LogP contribution >= 0.6 is 0 Å². The Morgan fingerprint density at radius 1 is 1.47 bits per heavy atom. The van der Waals surface area contributed by atoms with Crippen LogP contribution in [0, 0.1) is 6.92 Å². The number of carbonyl (C=O) groups excluding carboxylic acids is 1. The smallest absolute Gasteiger partial charge is 0.272 e. The summed E-state index contributed by atoms with van der Waals surface area (Å²) in [5, 5.41) is 0. The van der Waals surface area contributed by atoms with Gasteiger partial charge in [0.25, 0.3) is 5.91 Å². The van der Waals surface area contributed by atoms with Crippen LogP contribution in [0.3, 0.4) is 0 Å². The van der Waals surface area contributed by atoms with Gasteiger partial charge in [0.15, 0.2) is 0 Å². The molecule has 0 bridgehead atoms. The van der Waals surface area contributed by atoms with Crippen LogP contribution in [0.15, 0.2) is 18.3 Å². The lowest BCUT2D eigenvalue weighted by atomic mass is 10.2. The lowest BCUT2D eigenvalue weighted by Crippen LogP contribution is -2.24. The fourth-order valence-corrected chi connectivity index (χ4v) is 1.94. The molecular formula is C13H17N3O. The van der Waals surface area contributed by atoms with Gasteiger partial charge in [-0.1, -0.05) is 13.0 Å². The Hall–Kier alpha value is -1.84. The minimum Gasteiger partial charge on any atom is -0.343 e. The van der Waals surface area contributed by atoms with Gasteiger partial charge in [0, 0.05) is 20.3 Å². The summed E-state index contributed by atoms with van der Waals surface area (Å²) in [7, 11) is 3.52. The first-order valence-corrected chi connectivity index (χ1v) is 5.74. The van der Waals surface area contributed by atoms with Gasteiger partial charge in [0.2, 0.25) is 0 Å². The van der Waals surface area contributed by atoms with Crippen molar-refractivity contribution in [2.75, 3.05) is 14.1 Å². The molecule has 0 saturated carbocycles. The van der Waals surface area contributed by atoms with Gasteiger partial charge < -0.3 is 4.90 Å². The summed E-state index contributed by atoms with van der Waals surface area (Å²) in [5.74, 6) is -0.0000463. The molecule has 0 aromatic carbocycles. The lowest BCUT2D eigenvalue weighted by Gasteiger charge is -2.11. The normalized spacial score (nSPS) is 10.8. The van der Waals surface area contributed by atoms with Crippen LogP contribution in [0.5, 0.6) is 0 Å². The van der Waals surface area contributed by atoms with Gasteiger partial charge in [-0.15, -0.1) is 0 Å². The summed E-state index contributed by atoms with van der Waals surface area (Å²) < 4.78 is 1.89. The van der Waals surface area contributed by atoms with E-state index in [0.29, 0.717) is 5.69 Å². The van der Waals surface area contributed by atoms with Crippen molar-refractivity contribution >= 4 is 11.6 Å². The van der Waals surface area contributed by atoms with Crippen molar-refractivity contribution in [3.8, 4) is 0 Å². The summed E-state index contributed by atoms with van der Waals surface area (Å²) in [6.45, 7) is 4.02. The van der Waals surface area contributed by atoms with Crippen LogP contribution in [0.2, 0.25) is 0 Å². The number of hydrogen-bond donors (Lipinski definition) is 0. The van der Waals surface area contributed by atoms with E-state index in [1.807, 2.05) is 36.6 Å². The van der Waals surface area contributed by atoms with Gasteiger partial charge in [0.05, 0.1) is 5.69 Å². The highest BCUT2D eigenvalue weighted by Gasteiger charge is 2.19. The molecule has 0 atom stereocenters. The van der Waals surface area contributed by atoms with Gasteiger partial charge in [-0.05, 0) is 25.0 Å². The molecule has 0 aliphatic rings. The van der Waals surface area contributed by atoms with E-state index >= 15 is 0 Å². The molecular weight excluding hydrogens is 214 g/mol. The van der Waals surface area contributed by atoms with Gasteiger partial charge in [-0.2, -0.15) is 0 Å². The topological polar surface area (TPSA) is 37.6 Å². The molecule has 0 aliphatic heterocycles. The van der Waals surface area contributed by atoms with Crippen molar-refractivity contribution in [2.45, 2.75) is 20.3 Å². The maximum Gasteiger partial charge on any atom is 0.272 e. The van der Waals surface area contributed by atoms with Crippen molar-refractivity contribution in [2.24, 2.45) is 0 Å². The number of pyridine rings is 1. The van der Waals surface area contributed by atoms with E-state index in [-0.39, 0.29) is 5.91 Å². The van der Waals surface area contributed by atoms with Crippen LogP contribution in [0.4, 0.5) is 0 Å². The van der Waals surface area contributed by atoms with Crippen molar-refractivity contribution < 1.29 is 4.79 Å². The van der Waals surface area contributed by atoms with E-state index in [1.165, 1.54) is 0 Å². The third-order valence-corrected chi connectivity index (χ3v) is 2.86. The first-order chi connectivity index (χ1) is 8.06. The zero-order valence-electron chi connectivity index (χ0n) is 10.7. The van der Waals surface area contributed by atoms with E-state index in [1.54, 1.807) is 19.0 Å². The average molecular weight is 231 g/mol. The minimum absolute atomic E-state index is 0.0000463. The number of nitrogens with zero attached hydrogens (tertiary/aromatic N) is 3. The maximum absolute atomic E-state index is 12.2. The standard InChI is InChI=1S/C13H17N3O/c1-5-10-11(13(17)15(3)4)16-8-6-7-9(2)12(16)14-10/h6-8H,5H2,1-4H3. The SMILES string of the molecule is CCc1nc2c(C)cccn2c1C(=O)N(C)C. The Kier molecular flexibility index (Phi) is 2.88. The monoisotopic (exact) mass is 231 g/mol. The first-order valence-electron chi connectivity index (χ1n) is 5.74. The second-order valence-corrected chi connectivity index (χ2v) is 4.35. The quantitative estimate of drug-likeness (QED) is 0.791. The lowest BCUT2D eigenvalue weighted by molar-refractivity contribution is 0.0820. The van der Waals surface area contributed by atoms with Gasteiger partial charge in [0.1, 0.15) is 11.3 Å². The van der Waals surface area contributed by atoms with Crippen LogP contribution in [-0.4, -0.2) is 34.3 Å². The highest BCUT2D eigenvalue weighted by atomic mass is 16.2. The number of fused-ring (bicyclic) bond motifs is 1. The molecule has 0 spiro atoms. The van der Waals surface area contributed by atoms with Crippen LogP contribution in [-0.2, 0) is 6.42 Å². The Bertz CT molecular complexity index is 569. The second-order valence-electron chi connectivity index (χ2n) is 4.35. The Balaban J connectivity index is 2.76. The number of aromatic nitrogens is 2. The molecule has 0 N–H and O–H groups in total. The van der Waals surface area contributed by atoms with Crippen molar-refractivity contribution in [3.05, 3.63) is 35.3 Å². The molecule has 90 valence electrons. The summed E-state index contributed by atoms with van der Waals surface area (Å²) in [6.07, 6.45) is 2.65. The van der Waals surface area contributed by atoms with Gasteiger partial charge in [-0.3, -0.25) is 9.20 Å². The molecule has 4 heteroatoms. The molecule has 0 unspecified atom stereocenters. The number of imidazole rings is 1. The van der Waals surface area contributed by atoms with Crippen molar-refractivity contribution in [1.29, 1.82) is 0 Å². The van der Waals surface area contributed by atoms with E-state index in [2.05, 4.69) is 4.98 Å². The van der Waals surface area contributed by atoms with Crippen LogP contribution in [0.1, 0.15) is 28.7 Å².